The Bertz CT molecular complexity index is 880. The molecule has 1 aliphatic heterocycles. The van der Waals surface area contributed by atoms with Gasteiger partial charge in [-0.05, 0) is 36.4 Å². The second kappa shape index (κ2) is 8.61. The largest absolute Gasteiger partial charge is 0.366 e. The normalized spacial score (nSPS) is 14.3. The van der Waals surface area contributed by atoms with Gasteiger partial charge in [0.05, 0.1) is 11.4 Å². The summed E-state index contributed by atoms with van der Waals surface area (Å²) in [6, 6.07) is 10.8. The van der Waals surface area contributed by atoms with E-state index in [1.54, 1.807) is 18.2 Å². The van der Waals surface area contributed by atoms with E-state index in [1.807, 2.05) is 24.8 Å². The Hall–Kier alpha value is -2.60. The Balaban J connectivity index is 1.76. The molecule has 1 heterocycles. The highest BCUT2D eigenvalue weighted by Gasteiger charge is 2.24. The first-order valence-corrected chi connectivity index (χ1v) is 9.63. The van der Waals surface area contributed by atoms with Gasteiger partial charge < -0.3 is 15.1 Å². The average Bonchev–Trinajstić information content (AvgIpc) is 2.67. The number of carbonyl (C=O) groups is 2. The van der Waals surface area contributed by atoms with Crippen molar-refractivity contribution in [1.29, 1.82) is 0 Å². The monoisotopic (exact) mass is 403 g/mol. The molecule has 1 aliphatic rings. The molecule has 0 aliphatic carbocycles. The molecule has 7 heteroatoms. The minimum absolute atomic E-state index is 0.0248. The van der Waals surface area contributed by atoms with Crippen molar-refractivity contribution in [2.45, 2.75) is 13.8 Å². The van der Waals surface area contributed by atoms with E-state index in [2.05, 4.69) is 10.2 Å². The molecule has 0 radical (unpaired) electrons. The van der Waals surface area contributed by atoms with Gasteiger partial charge in [0.15, 0.2) is 0 Å². The fraction of sp³-hybridized carbons (Fsp3) is 0.333. The number of amides is 2. The molecular formula is C21H23ClFN3O2. The zero-order valence-corrected chi connectivity index (χ0v) is 16.7. The second-order valence-electron chi connectivity index (χ2n) is 7.09. The lowest BCUT2D eigenvalue weighted by Gasteiger charge is -2.37. The van der Waals surface area contributed by atoms with Crippen LogP contribution >= 0.6 is 11.6 Å². The Morgan fingerprint density at radius 3 is 2.43 bits per heavy atom. The van der Waals surface area contributed by atoms with Gasteiger partial charge in [0.25, 0.3) is 5.91 Å². The van der Waals surface area contributed by atoms with Crippen LogP contribution in [0.2, 0.25) is 5.02 Å². The van der Waals surface area contributed by atoms with Crippen LogP contribution in [0.5, 0.6) is 0 Å². The van der Waals surface area contributed by atoms with Gasteiger partial charge in [-0.2, -0.15) is 0 Å². The minimum Gasteiger partial charge on any atom is -0.366 e. The predicted octanol–water partition coefficient (Wildman–Crippen LogP) is 4.04. The third-order valence-electron chi connectivity index (χ3n) is 4.72. The summed E-state index contributed by atoms with van der Waals surface area (Å²) in [5, 5.41) is 3.32. The lowest BCUT2D eigenvalue weighted by Crippen LogP contribution is -2.50. The molecule has 0 atom stereocenters. The van der Waals surface area contributed by atoms with E-state index < -0.39 is 11.7 Å². The second-order valence-corrected chi connectivity index (χ2v) is 7.53. The molecule has 28 heavy (non-hydrogen) atoms. The van der Waals surface area contributed by atoms with E-state index in [0.717, 1.165) is 5.69 Å². The summed E-state index contributed by atoms with van der Waals surface area (Å²) in [5.41, 5.74) is 1.62. The van der Waals surface area contributed by atoms with Gasteiger partial charge in [0, 0.05) is 42.7 Å². The fourth-order valence-electron chi connectivity index (χ4n) is 3.24. The van der Waals surface area contributed by atoms with Crippen LogP contribution in [0.3, 0.4) is 0 Å². The van der Waals surface area contributed by atoms with Crippen molar-refractivity contribution >= 4 is 34.8 Å². The summed E-state index contributed by atoms with van der Waals surface area (Å²) in [7, 11) is 0. The Morgan fingerprint density at radius 2 is 1.79 bits per heavy atom. The molecule has 0 spiro atoms. The topological polar surface area (TPSA) is 52.7 Å². The van der Waals surface area contributed by atoms with Crippen molar-refractivity contribution in [2.24, 2.45) is 5.92 Å². The summed E-state index contributed by atoms with van der Waals surface area (Å²) in [6.07, 6.45) is 0. The molecule has 5 nitrogen and oxygen atoms in total. The van der Waals surface area contributed by atoms with Gasteiger partial charge in [-0.15, -0.1) is 0 Å². The third-order valence-corrected chi connectivity index (χ3v) is 4.95. The van der Waals surface area contributed by atoms with Crippen molar-refractivity contribution in [3.63, 3.8) is 0 Å². The Morgan fingerprint density at radius 1 is 1.07 bits per heavy atom. The van der Waals surface area contributed by atoms with Crippen molar-refractivity contribution in [1.82, 2.24) is 4.90 Å². The predicted molar refractivity (Wildman–Crippen MR) is 109 cm³/mol. The molecule has 2 amide bonds. The van der Waals surface area contributed by atoms with Crippen LogP contribution in [0.25, 0.3) is 0 Å². The molecule has 1 N–H and O–H groups in total. The number of carbonyl (C=O) groups excluding carboxylic acids is 2. The molecule has 3 rings (SSSR count). The van der Waals surface area contributed by atoms with Gasteiger partial charge in [-0.25, -0.2) is 4.39 Å². The van der Waals surface area contributed by atoms with Gasteiger partial charge in [0.2, 0.25) is 5.91 Å². The number of hydrogen-bond donors (Lipinski definition) is 1. The first-order chi connectivity index (χ1) is 13.3. The van der Waals surface area contributed by atoms with E-state index in [1.165, 1.54) is 18.2 Å². The van der Waals surface area contributed by atoms with Gasteiger partial charge in [0.1, 0.15) is 5.82 Å². The first-order valence-electron chi connectivity index (χ1n) is 9.25. The van der Waals surface area contributed by atoms with Gasteiger partial charge in [-0.3, -0.25) is 9.59 Å². The zero-order valence-electron chi connectivity index (χ0n) is 15.9. The summed E-state index contributed by atoms with van der Waals surface area (Å²) >= 11 is 6.13. The van der Waals surface area contributed by atoms with E-state index in [9.17, 15) is 14.0 Å². The molecule has 0 aromatic heterocycles. The van der Waals surface area contributed by atoms with Crippen LogP contribution in [0.15, 0.2) is 42.5 Å². The van der Waals surface area contributed by atoms with Crippen molar-refractivity contribution in [3.05, 3.63) is 58.9 Å². The van der Waals surface area contributed by atoms with Crippen LogP contribution in [0, 0.1) is 11.7 Å². The average molecular weight is 404 g/mol. The highest BCUT2D eigenvalue weighted by Crippen LogP contribution is 2.30. The molecule has 2 aromatic rings. The Kier molecular flexibility index (Phi) is 6.19. The molecule has 0 saturated carbocycles. The molecular weight excluding hydrogens is 381 g/mol. The fourth-order valence-corrected chi connectivity index (χ4v) is 3.41. The van der Waals surface area contributed by atoms with Crippen LogP contribution in [-0.2, 0) is 4.79 Å². The number of anilines is 2. The Labute approximate surface area is 169 Å². The number of halogens is 2. The van der Waals surface area contributed by atoms with Crippen LogP contribution in [0.4, 0.5) is 15.8 Å². The number of hydrogen-bond acceptors (Lipinski definition) is 3. The van der Waals surface area contributed by atoms with Crippen molar-refractivity contribution in [2.75, 3.05) is 36.4 Å². The van der Waals surface area contributed by atoms with E-state index >= 15 is 0 Å². The quantitative estimate of drug-likeness (QED) is 0.838. The van der Waals surface area contributed by atoms with E-state index in [0.29, 0.717) is 36.9 Å². The van der Waals surface area contributed by atoms with Crippen LogP contribution in [0.1, 0.15) is 24.2 Å². The SMILES string of the molecule is CC(C)C(=O)N1CCN(c2ccc(Cl)cc2NC(=O)c2cccc(F)c2)CC1. The number of rotatable bonds is 4. The molecule has 0 bridgehead atoms. The van der Waals surface area contributed by atoms with Gasteiger partial charge >= 0.3 is 0 Å². The molecule has 1 saturated heterocycles. The summed E-state index contributed by atoms with van der Waals surface area (Å²) < 4.78 is 13.4. The number of nitrogens with zero attached hydrogens (tertiary/aromatic N) is 2. The summed E-state index contributed by atoms with van der Waals surface area (Å²) in [4.78, 5) is 28.7. The maximum absolute atomic E-state index is 13.4. The highest BCUT2D eigenvalue weighted by molar-refractivity contribution is 6.31. The summed E-state index contributed by atoms with van der Waals surface area (Å²) in [5.74, 6) is -0.750. The molecule has 0 unspecified atom stereocenters. The third kappa shape index (κ3) is 4.62. The molecule has 148 valence electrons. The van der Waals surface area contributed by atoms with Crippen LogP contribution < -0.4 is 10.2 Å². The van der Waals surface area contributed by atoms with Gasteiger partial charge in [-0.1, -0.05) is 31.5 Å². The minimum atomic E-state index is -0.468. The number of benzene rings is 2. The highest BCUT2D eigenvalue weighted by atomic mass is 35.5. The van der Waals surface area contributed by atoms with Crippen LogP contribution in [-0.4, -0.2) is 42.9 Å². The smallest absolute Gasteiger partial charge is 0.255 e. The molecule has 2 aromatic carbocycles. The first kappa shape index (κ1) is 20.1. The lowest BCUT2D eigenvalue weighted by molar-refractivity contribution is -0.134. The maximum Gasteiger partial charge on any atom is 0.255 e. The van der Waals surface area contributed by atoms with Crippen molar-refractivity contribution < 1.29 is 14.0 Å². The zero-order chi connectivity index (χ0) is 20.3. The standard InChI is InChI=1S/C21H23ClFN3O2/c1-14(2)21(28)26-10-8-25(9-11-26)19-7-6-16(22)13-18(19)24-20(27)15-4-3-5-17(23)12-15/h3-7,12-14H,8-11H2,1-2H3,(H,24,27). The van der Waals surface area contributed by atoms with Crippen molar-refractivity contribution in [3.8, 4) is 0 Å². The van der Waals surface area contributed by atoms with E-state index in [-0.39, 0.29) is 17.4 Å². The summed E-state index contributed by atoms with van der Waals surface area (Å²) in [6.45, 7) is 6.35. The maximum atomic E-state index is 13.4. The molecule has 1 fully saturated rings. The number of nitrogens with one attached hydrogen (secondary N) is 1. The van der Waals surface area contributed by atoms with E-state index in [4.69, 9.17) is 11.6 Å². The lowest BCUT2D eigenvalue weighted by atomic mass is 10.1. The number of piperazine rings is 1.